The molecule has 0 aromatic heterocycles. The summed E-state index contributed by atoms with van der Waals surface area (Å²) < 4.78 is 41.5. The summed E-state index contributed by atoms with van der Waals surface area (Å²) in [6, 6.07) is 6.56. The number of carbonyl (C=O) groups excluding carboxylic acids is 1. The molecule has 2 aromatic rings. The molecule has 3 rings (SSSR count). The summed E-state index contributed by atoms with van der Waals surface area (Å²) in [5.74, 6) is -2.74. The van der Waals surface area contributed by atoms with E-state index in [1.165, 1.54) is 42.3 Å². The molecule has 4 nitrogen and oxygen atoms in total. The molecule has 2 aromatic carbocycles. The Balaban J connectivity index is 1.97. The number of amides is 1. The third-order valence-corrected chi connectivity index (χ3v) is 5.27. The molecule has 152 valence electrons. The van der Waals surface area contributed by atoms with E-state index < -0.39 is 29.4 Å². The average Bonchev–Trinajstić information content (AvgIpc) is 2.65. The quantitative estimate of drug-likeness (QED) is 0.750. The van der Waals surface area contributed by atoms with E-state index in [4.69, 9.17) is 17.3 Å². The van der Waals surface area contributed by atoms with Crippen LogP contribution in [0.4, 0.5) is 13.2 Å². The van der Waals surface area contributed by atoms with Crippen molar-refractivity contribution in [2.45, 2.75) is 19.4 Å². The Hall–Kier alpha value is -2.80. The molecule has 0 aliphatic carbocycles. The standard InChI is InChI=1S/C21H19ClF3N3O/c1-11-19(26)15(20(27-2)12-8-13(23)10-14(24)9-12)6-7-28(11)21(29)18-16(22)4-3-5-17(18)25/h3-5,8-11H,6-7,26H2,1-2H3/t11-/m0/s1. The summed E-state index contributed by atoms with van der Waals surface area (Å²) in [6.07, 6.45) is 0.290. The van der Waals surface area contributed by atoms with Gasteiger partial charge in [0.25, 0.3) is 5.91 Å². The molecule has 0 saturated carbocycles. The van der Waals surface area contributed by atoms with Crippen LogP contribution in [0.1, 0.15) is 29.3 Å². The largest absolute Gasteiger partial charge is 0.400 e. The van der Waals surface area contributed by atoms with Crippen LogP contribution in [0, 0.1) is 17.5 Å². The minimum atomic E-state index is -0.727. The van der Waals surface area contributed by atoms with Gasteiger partial charge in [-0.3, -0.25) is 9.79 Å². The summed E-state index contributed by atoms with van der Waals surface area (Å²) in [4.78, 5) is 18.5. The monoisotopic (exact) mass is 421 g/mol. The van der Waals surface area contributed by atoms with E-state index in [9.17, 15) is 18.0 Å². The van der Waals surface area contributed by atoms with Crippen molar-refractivity contribution in [3.63, 3.8) is 0 Å². The van der Waals surface area contributed by atoms with Gasteiger partial charge in [0.2, 0.25) is 0 Å². The summed E-state index contributed by atoms with van der Waals surface area (Å²) in [5.41, 5.74) is 7.59. The van der Waals surface area contributed by atoms with Crippen LogP contribution in [-0.4, -0.2) is 36.2 Å². The highest BCUT2D eigenvalue weighted by atomic mass is 35.5. The van der Waals surface area contributed by atoms with Crippen molar-refractivity contribution in [2.75, 3.05) is 13.6 Å². The van der Waals surface area contributed by atoms with Crippen molar-refractivity contribution in [1.29, 1.82) is 0 Å². The van der Waals surface area contributed by atoms with Crippen molar-refractivity contribution >= 4 is 23.2 Å². The number of hydrogen-bond acceptors (Lipinski definition) is 3. The second kappa shape index (κ2) is 8.29. The average molecular weight is 422 g/mol. The van der Waals surface area contributed by atoms with Crippen LogP contribution < -0.4 is 5.73 Å². The summed E-state index contributed by atoms with van der Waals surface area (Å²) in [7, 11) is 1.50. The molecule has 0 bridgehead atoms. The van der Waals surface area contributed by atoms with E-state index in [0.717, 1.165) is 6.07 Å². The van der Waals surface area contributed by atoms with Crippen LogP contribution in [0.25, 0.3) is 0 Å². The van der Waals surface area contributed by atoms with Gasteiger partial charge >= 0.3 is 0 Å². The van der Waals surface area contributed by atoms with Crippen LogP contribution in [0.15, 0.2) is 52.7 Å². The lowest BCUT2D eigenvalue weighted by atomic mass is 9.91. The normalized spacial score (nSPS) is 17.7. The summed E-state index contributed by atoms with van der Waals surface area (Å²) in [5, 5.41) is 0.0154. The van der Waals surface area contributed by atoms with E-state index in [1.54, 1.807) is 6.92 Å². The highest BCUT2D eigenvalue weighted by Gasteiger charge is 2.33. The fourth-order valence-electron chi connectivity index (χ4n) is 3.50. The van der Waals surface area contributed by atoms with Crippen LogP contribution in [0.3, 0.4) is 0 Å². The maximum absolute atomic E-state index is 14.2. The lowest BCUT2D eigenvalue weighted by Gasteiger charge is -2.36. The molecule has 29 heavy (non-hydrogen) atoms. The molecule has 0 saturated heterocycles. The zero-order chi connectivity index (χ0) is 21.3. The van der Waals surface area contributed by atoms with E-state index in [1.807, 2.05) is 0 Å². The molecule has 1 heterocycles. The van der Waals surface area contributed by atoms with Crippen LogP contribution in [0.5, 0.6) is 0 Å². The van der Waals surface area contributed by atoms with Gasteiger partial charge in [0.15, 0.2) is 0 Å². The Morgan fingerprint density at radius 2 is 1.86 bits per heavy atom. The van der Waals surface area contributed by atoms with Gasteiger partial charge < -0.3 is 10.6 Å². The van der Waals surface area contributed by atoms with Gasteiger partial charge in [0, 0.05) is 36.5 Å². The number of aliphatic imine (C=N–C) groups is 1. The molecule has 0 radical (unpaired) electrons. The van der Waals surface area contributed by atoms with Crippen molar-refractivity contribution < 1.29 is 18.0 Å². The maximum atomic E-state index is 14.2. The number of nitrogens with zero attached hydrogens (tertiary/aromatic N) is 2. The topological polar surface area (TPSA) is 58.7 Å². The smallest absolute Gasteiger partial charge is 0.258 e. The van der Waals surface area contributed by atoms with Gasteiger partial charge in [-0.05, 0) is 37.6 Å². The van der Waals surface area contributed by atoms with Gasteiger partial charge in [-0.2, -0.15) is 0 Å². The molecule has 1 atom stereocenters. The van der Waals surface area contributed by atoms with Gasteiger partial charge in [-0.1, -0.05) is 17.7 Å². The molecule has 0 fully saturated rings. The van der Waals surface area contributed by atoms with E-state index in [0.29, 0.717) is 23.4 Å². The zero-order valence-corrected chi connectivity index (χ0v) is 16.6. The van der Waals surface area contributed by atoms with Gasteiger partial charge in [-0.15, -0.1) is 0 Å². The number of carbonyl (C=O) groups is 1. The molecule has 2 N–H and O–H groups in total. The molecular formula is C21H19ClF3N3O. The van der Waals surface area contributed by atoms with Crippen molar-refractivity contribution in [1.82, 2.24) is 4.90 Å². The highest BCUT2D eigenvalue weighted by molar-refractivity contribution is 6.33. The molecular weight excluding hydrogens is 403 g/mol. The summed E-state index contributed by atoms with van der Waals surface area (Å²) >= 11 is 6.02. The fourth-order valence-corrected chi connectivity index (χ4v) is 3.74. The maximum Gasteiger partial charge on any atom is 0.258 e. The van der Waals surface area contributed by atoms with Gasteiger partial charge in [0.05, 0.1) is 22.3 Å². The third kappa shape index (κ3) is 4.00. The Morgan fingerprint density at radius 3 is 2.45 bits per heavy atom. The predicted octanol–water partition coefficient (Wildman–Crippen LogP) is 4.32. The molecule has 1 amide bonds. The first-order valence-corrected chi connectivity index (χ1v) is 9.29. The van der Waals surface area contributed by atoms with Crippen molar-refractivity contribution in [3.05, 3.63) is 81.3 Å². The zero-order valence-electron chi connectivity index (χ0n) is 15.8. The Kier molecular flexibility index (Phi) is 5.98. The Labute approximate surface area is 171 Å². The Bertz CT molecular complexity index is 995. The van der Waals surface area contributed by atoms with Gasteiger partial charge in [0.1, 0.15) is 17.5 Å². The van der Waals surface area contributed by atoms with Crippen molar-refractivity contribution in [2.24, 2.45) is 10.7 Å². The van der Waals surface area contributed by atoms with E-state index in [-0.39, 0.29) is 22.7 Å². The first-order valence-electron chi connectivity index (χ1n) is 8.91. The van der Waals surface area contributed by atoms with E-state index in [2.05, 4.69) is 4.99 Å². The van der Waals surface area contributed by atoms with Crippen LogP contribution >= 0.6 is 11.6 Å². The number of benzene rings is 2. The van der Waals surface area contributed by atoms with E-state index >= 15 is 0 Å². The minimum Gasteiger partial charge on any atom is -0.400 e. The predicted molar refractivity (Wildman–Crippen MR) is 107 cm³/mol. The fraction of sp³-hybridized carbons (Fsp3) is 0.238. The Morgan fingerprint density at radius 1 is 1.21 bits per heavy atom. The highest BCUT2D eigenvalue weighted by Crippen LogP contribution is 2.29. The second-order valence-electron chi connectivity index (χ2n) is 6.69. The van der Waals surface area contributed by atoms with Crippen molar-refractivity contribution in [3.8, 4) is 0 Å². The van der Waals surface area contributed by atoms with Crippen LogP contribution in [-0.2, 0) is 0 Å². The molecule has 1 aliphatic rings. The first kappa shape index (κ1) is 20.9. The molecule has 1 aliphatic heterocycles. The number of rotatable bonds is 3. The number of halogens is 4. The lowest BCUT2D eigenvalue weighted by Crippen LogP contribution is -2.46. The molecule has 0 spiro atoms. The number of hydrogen-bond donors (Lipinski definition) is 1. The van der Waals surface area contributed by atoms with Gasteiger partial charge in [-0.25, -0.2) is 13.2 Å². The summed E-state index contributed by atoms with van der Waals surface area (Å²) in [6.45, 7) is 1.91. The number of nitrogens with two attached hydrogens (primary N) is 1. The first-order chi connectivity index (χ1) is 13.7. The SMILES string of the molecule is CN=C(C1=C(N)[C@H](C)N(C(=O)c2c(F)cccc2Cl)CC1)c1cc(F)cc(F)c1. The molecule has 0 unspecified atom stereocenters. The third-order valence-electron chi connectivity index (χ3n) is 4.95. The van der Waals surface area contributed by atoms with Crippen LogP contribution in [0.2, 0.25) is 5.02 Å². The molecule has 8 heteroatoms. The second-order valence-corrected chi connectivity index (χ2v) is 7.09. The lowest BCUT2D eigenvalue weighted by molar-refractivity contribution is 0.0702. The minimum absolute atomic E-state index is 0.0154.